The fourth-order valence-corrected chi connectivity index (χ4v) is 2.71. The summed E-state index contributed by atoms with van der Waals surface area (Å²) in [4.78, 5) is 10.7. The van der Waals surface area contributed by atoms with Crippen molar-refractivity contribution in [2.24, 2.45) is 0 Å². The molecule has 1 fully saturated rings. The Bertz CT molecular complexity index is 322. The highest BCUT2D eigenvalue weighted by molar-refractivity contribution is 7.90. The zero-order chi connectivity index (χ0) is 11.5. The summed E-state index contributed by atoms with van der Waals surface area (Å²) in [5.74, 6) is -1.17. The summed E-state index contributed by atoms with van der Waals surface area (Å²) < 4.78 is 29.8. The van der Waals surface area contributed by atoms with Gasteiger partial charge in [-0.25, -0.2) is 13.1 Å². The van der Waals surface area contributed by atoms with E-state index in [0.29, 0.717) is 12.8 Å². The summed E-state index contributed by atoms with van der Waals surface area (Å²) in [6.07, 6.45) is 1.37. The molecule has 1 aliphatic rings. The molecule has 0 amide bonds. The molecule has 0 aliphatic heterocycles. The standard InChI is InChI=1S/C8H15NO5S/c1-14-5-4-7(8(10)11)9-15(12,13)6-2-3-6/h6-7,9H,2-5H2,1H3,(H,10,11). The number of carboxylic acid groups (broad SMARTS) is 1. The van der Waals surface area contributed by atoms with E-state index in [0.717, 1.165) is 0 Å². The summed E-state index contributed by atoms with van der Waals surface area (Å²) >= 11 is 0. The minimum absolute atomic E-state index is 0.137. The highest BCUT2D eigenvalue weighted by Gasteiger charge is 2.38. The van der Waals surface area contributed by atoms with Crippen LogP contribution >= 0.6 is 0 Å². The van der Waals surface area contributed by atoms with Gasteiger partial charge in [-0.05, 0) is 19.3 Å². The monoisotopic (exact) mass is 237 g/mol. The lowest BCUT2D eigenvalue weighted by atomic mass is 10.2. The van der Waals surface area contributed by atoms with Crippen LogP contribution in [0.15, 0.2) is 0 Å². The van der Waals surface area contributed by atoms with Gasteiger partial charge in [-0.3, -0.25) is 4.79 Å². The van der Waals surface area contributed by atoms with Gasteiger partial charge in [0.05, 0.1) is 5.25 Å². The maximum absolute atomic E-state index is 11.5. The Hall–Kier alpha value is -0.660. The lowest BCUT2D eigenvalue weighted by Gasteiger charge is -2.13. The van der Waals surface area contributed by atoms with Crippen LogP contribution in [0.3, 0.4) is 0 Å². The van der Waals surface area contributed by atoms with E-state index in [1.54, 1.807) is 0 Å². The molecule has 88 valence electrons. The highest BCUT2D eigenvalue weighted by Crippen LogP contribution is 2.27. The van der Waals surface area contributed by atoms with Gasteiger partial charge >= 0.3 is 5.97 Å². The normalized spacial score (nSPS) is 18.7. The molecular weight excluding hydrogens is 222 g/mol. The van der Waals surface area contributed by atoms with Crippen LogP contribution in [-0.2, 0) is 19.6 Å². The Balaban J connectivity index is 2.53. The molecule has 0 aromatic heterocycles. The third-order valence-corrected chi connectivity index (χ3v) is 4.14. The first-order valence-corrected chi connectivity index (χ1v) is 6.25. The first kappa shape index (κ1) is 12.4. The molecular formula is C8H15NO5S. The Kier molecular flexibility index (Phi) is 4.06. The minimum Gasteiger partial charge on any atom is -0.480 e. The van der Waals surface area contributed by atoms with E-state index in [-0.39, 0.29) is 13.0 Å². The smallest absolute Gasteiger partial charge is 0.321 e. The molecule has 0 radical (unpaired) electrons. The maximum atomic E-state index is 11.5. The summed E-state index contributed by atoms with van der Waals surface area (Å²) in [6.45, 7) is 0.212. The van der Waals surface area contributed by atoms with Crippen LogP contribution in [0.25, 0.3) is 0 Å². The van der Waals surface area contributed by atoms with Gasteiger partial charge in [-0.15, -0.1) is 0 Å². The van der Waals surface area contributed by atoms with E-state index >= 15 is 0 Å². The van der Waals surface area contributed by atoms with Gasteiger partial charge in [0, 0.05) is 13.7 Å². The quantitative estimate of drug-likeness (QED) is 0.626. The lowest BCUT2D eigenvalue weighted by Crippen LogP contribution is -2.42. The zero-order valence-corrected chi connectivity index (χ0v) is 9.29. The molecule has 15 heavy (non-hydrogen) atoms. The SMILES string of the molecule is COCCC(NS(=O)(=O)C1CC1)C(=O)O. The second-order valence-electron chi connectivity index (χ2n) is 3.53. The average Bonchev–Trinajstić information content (AvgIpc) is 2.94. The third kappa shape index (κ3) is 3.77. The molecule has 0 bridgehead atoms. The van der Waals surface area contributed by atoms with Gasteiger partial charge in [-0.1, -0.05) is 0 Å². The molecule has 1 atom stereocenters. The highest BCUT2D eigenvalue weighted by atomic mass is 32.2. The summed E-state index contributed by atoms with van der Waals surface area (Å²) in [7, 11) is -2.01. The lowest BCUT2D eigenvalue weighted by molar-refractivity contribution is -0.139. The van der Waals surface area contributed by atoms with E-state index in [2.05, 4.69) is 4.72 Å². The van der Waals surface area contributed by atoms with Crippen molar-refractivity contribution < 1.29 is 23.1 Å². The number of carbonyl (C=O) groups is 1. The van der Waals surface area contributed by atoms with Gasteiger partial charge in [0.15, 0.2) is 0 Å². The summed E-state index contributed by atoms with van der Waals surface area (Å²) in [5, 5.41) is 8.38. The molecule has 1 unspecified atom stereocenters. The van der Waals surface area contributed by atoms with Crippen LogP contribution in [0.2, 0.25) is 0 Å². The predicted octanol–water partition coefficient (Wildman–Crippen LogP) is -0.442. The minimum atomic E-state index is -3.45. The van der Waals surface area contributed by atoms with E-state index in [1.165, 1.54) is 7.11 Å². The molecule has 2 N–H and O–H groups in total. The van der Waals surface area contributed by atoms with Crippen molar-refractivity contribution in [1.29, 1.82) is 0 Å². The molecule has 0 aromatic carbocycles. The van der Waals surface area contributed by atoms with Crippen molar-refractivity contribution in [1.82, 2.24) is 4.72 Å². The maximum Gasteiger partial charge on any atom is 0.321 e. The number of nitrogens with one attached hydrogen (secondary N) is 1. The van der Waals surface area contributed by atoms with Gasteiger partial charge in [0.25, 0.3) is 0 Å². The predicted molar refractivity (Wildman–Crippen MR) is 53.0 cm³/mol. The first-order chi connectivity index (χ1) is 6.97. The fraction of sp³-hybridized carbons (Fsp3) is 0.875. The largest absolute Gasteiger partial charge is 0.480 e. The van der Waals surface area contributed by atoms with E-state index in [1.807, 2.05) is 0 Å². The number of methoxy groups -OCH3 is 1. The number of hydrogen-bond donors (Lipinski definition) is 2. The van der Waals surface area contributed by atoms with Gasteiger partial charge < -0.3 is 9.84 Å². The Morgan fingerprint density at radius 2 is 2.20 bits per heavy atom. The molecule has 0 aromatic rings. The van der Waals surface area contributed by atoms with E-state index < -0.39 is 27.3 Å². The molecule has 6 nitrogen and oxygen atoms in total. The van der Waals surface area contributed by atoms with Crippen molar-refractivity contribution in [3.05, 3.63) is 0 Å². The molecule has 7 heteroatoms. The van der Waals surface area contributed by atoms with Gasteiger partial charge in [-0.2, -0.15) is 0 Å². The van der Waals surface area contributed by atoms with Crippen molar-refractivity contribution in [3.63, 3.8) is 0 Å². The summed E-state index contributed by atoms with van der Waals surface area (Å²) in [6, 6.07) is -1.09. The second kappa shape index (κ2) is 4.91. The third-order valence-electron chi connectivity index (χ3n) is 2.18. The van der Waals surface area contributed by atoms with Crippen LogP contribution in [0.4, 0.5) is 0 Å². The number of hydrogen-bond acceptors (Lipinski definition) is 4. The Morgan fingerprint density at radius 3 is 2.60 bits per heavy atom. The van der Waals surface area contributed by atoms with Gasteiger partial charge in [0.1, 0.15) is 6.04 Å². The first-order valence-electron chi connectivity index (χ1n) is 4.70. The van der Waals surface area contributed by atoms with Crippen LogP contribution in [0.1, 0.15) is 19.3 Å². The molecule has 0 heterocycles. The van der Waals surface area contributed by atoms with Crippen LogP contribution in [0.5, 0.6) is 0 Å². The van der Waals surface area contributed by atoms with Crippen LogP contribution < -0.4 is 4.72 Å². The molecule has 1 aliphatic carbocycles. The van der Waals surface area contributed by atoms with Crippen molar-refractivity contribution in [2.45, 2.75) is 30.6 Å². The zero-order valence-electron chi connectivity index (χ0n) is 8.47. The molecule has 0 saturated heterocycles. The Labute approximate surface area is 88.7 Å². The summed E-state index contributed by atoms with van der Waals surface area (Å²) in [5.41, 5.74) is 0. The van der Waals surface area contributed by atoms with E-state index in [4.69, 9.17) is 9.84 Å². The van der Waals surface area contributed by atoms with Crippen molar-refractivity contribution in [3.8, 4) is 0 Å². The van der Waals surface area contributed by atoms with Crippen LogP contribution in [0, 0.1) is 0 Å². The Morgan fingerprint density at radius 1 is 1.60 bits per heavy atom. The number of rotatable bonds is 7. The second-order valence-corrected chi connectivity index (χ2v) is 5.53. The number of sulfonamides is 1. The average molecular weight is 237 g/mol. The number of carboxylic acids is 1. The molecule has 0 spiro atoms. The number of ether oxygens (including phenoxy) is 1. The molecule has 1 saturated carbocycles. The van der Waals surface area contributed by atoms with Gasteiger partial charge in [0.2, 0.25) is 10.0 Å². The van der Waals surface area contributed by atoms with Crippen molar-refractivity contribution in [2.75, 3.05) is 13.7 Å². The van der Waals surface area contributed by atoms with E-state index in [9.17, 15) is 13.2 Å². The fourth-order valence-electron chi connectivity index (χ4n) is 1.14. The molecule has 1 rings (SSSR count). The topological polar surface area (TPSA) is 92.7 Å². The number of aliphatic carboxylic acids is 1. The van der Waals surface area contributed by atoms with Crippen LogP contribution in [-0.4, -0.2) is 44.5 Å². The van der Waals surface area contributed by atoms with Crippen molar-refractivity contribution >= 4 is 16.0 Å².